The molecule has 0 atom stereocenters. The average Bonchev–Trinajstić information content (AvgIpc) is 2.83. The highest BCUT2D eigenvalue weighted by molar-refractivity contribution is 5.92. The average molecular weight is 455 g/mol. The molecular formula is C26H24F3NO3. The van der Waals surface area contributed by atoms with Crippen molar-refractivity contribution in [2.75, 3.05) is 27.3 Å². The maximum absolute atomic E-state index is 13.0. The number of nitrogens with zero attached hydrogens (tertiary/aromatic N) is 1. The second-order valence-electron chi connectivity index (χ2n) is 7.92. The number of hydrogen-bond acceptors (Lipinski definition) is 3. The summed E-state index contributed by atoms with van der Waals surface area (Å²) >= 11 is 0. The Morgan fingerprint density at radius 1 is 1.00 bits per heavy atom. The van der Waals surface area contributed by atoms with Gasteiger partial charge in [0.25, 0.3) is 0 Å². The van der Waals surface area contributed by atoms with Gasteiger partial charge in [-0.15, -0.1) is 0 Å². The van der Waals surface area contributed by atoms with E-state index in [1.54, 1.807) is 25.2 Å². The van der Waals surface area contributed by atoms with Crippen molar-refractivity contribution in [2.24, 2.45) is 0 Å². The Kier molecular flexibility index (Phi) is 6.31. The third-order valence-corrected chi connectivity index (χ3v) is 5.94. The van der Waals surface area contributed by atoms with Crippen LogP contribution in [0.25, 0.3) is 16.3 Å². The highest BCUT2D eigenvalue weighted by atomic mass is 19.4. The zero-order valence-corrected chi connectivity index (χ0v) is 18.4. The van der Waals surface area contributed by atoms with Crippen LogP contribution < -0.4 is 9.47 Å². The van der Waals surface area contributed by atoms with E-state index in [-0.39, 0.29) is 12.3 Å². The number of halogens is 3. The van der Waals surface area contributed by atoms with Crippen molar-refractivity contribution in [3.05, 3.63) is 77.4 Å². The van der Waals surface area contributed by atoms with Crippen molar-refractivity contribution in [3.8, 4) is 11.5 Å². The molecule has 0 bridgehead atoms. The van der Waals surface area contributed by atoms with Gasteiger partial charge in [-0.2, -0.15) is 13.2 Å². The van der Waals surface area contributed by atoms with Crippen molar-refractivity contribution in [1.82, 2.24) is 4.90 Å². The molecule has 4 rings (SSSR count). The van der Waals surface area contributed by atoms with Gasteiger partial charge in [0, 0.05) is 13.1 Å². The molecule has 33 heavy (non-hydrogen) atoms. The predicted molar refractivity (Wildman–Crippen MR) is 121 cm³/mol. The second kappa shape index (κ2) is 9.17. The van der Waals surface area contributed by atoms with Gasteiger partial charge in [-0.3, -0.25) is 4.79 Å². The smallest absolute Gasteiger partial charge is 0.416 e. The van der Waals surface area contributed by atoms with E-state index < -0.39 is 11.7 Å². The molecule has 7 heteroatoms. The Balaban J connectivity index is 1.51. The fraction of sp³-hybridized carbons (Fsp3) is 0.269. The first-order valence-corrected chi connectivity index (χ1v) is 10.6. The molecule has 172 valence electrons. The summed E-state index contributed by atoms with van der Waals surface area (Å²) in [5, 5.41) is 1.86. The Labute approximate surface area is 190 Å². The third-order valence-electron chi connectivity index (χ3n) is 5.94. The number of carbonyl (C=O) groups excluding carboxylic acids is 1. The van der Waals surface area contributed by atoms with Gasteiger partial charge in [0.05, 0.1) is 26.2 Å². The van der Waals surface area contributed by atoms with Crippen LogP contribution in [0, 0.1) is 0 Å². The maximum Gasteiger partial charge on any atom is 0.416 e. The van der Waals surface area contributed by atoms with Gasteiger partial charge in [-0.1, -0.05) is 36.4 Å². The molecule has 3 aromatic carbocycles. The number of methoxy groups -OCH3 is 2. The lowest BCUT2D eigenvalue weighted by Crippen LogP contribution is -2.35. The van der Waals surface area contributed by atoms with E-state index in [1.807, 2.05) is 36.4 Å². The summed E-state index contributed by atoms with van der Waals surface area (Å²) in [7, 11) is 3.15. The van der Waals surface area contributed by atoms with Crippen LogP contribution in [0.5, 0.6) is 11.5 Å². The van der Waals surface area contributed by atoms with Crippen LogP contribution in [0.15, 0.2) is 60.7 Å². The standard InChI is InChI=1S/C26H24F3NO3/c1-32-23-14-19-6-3-7-20(22(19)16-24(23)33-2)15-25(31)30-11-9-17(10-12-30)18-5-4-8-21(13-18)26(27,28)29/h3-9,13-14,16H,10-12,15H2,1-2H3. The van der Waals surface area contributed by atoms with Gasteiger partial charge in [0.2, 0.25) is 5.91 Å². The molecule has 1 aliphatic heterocycles. The minimum Gasteiger partial charge on any atom is -0.493 e. The summed E-state index contributed by atoms with van der Waals surface area (Å²) in [6, 6.07) is 14.9. The third kappa shape index (κ3) is 4.82. The van der Waals surface area contributed by atoms with Gasteiger partial charge in [0.15, 0.2) is 11.5 Å². The van der Waals surface area contributed by atoms with Crippen LogP contribution in [-0.4, -0.2) is 38.1 Å². The van der Waals surface area contributed by atoms with E-state index >= 15 is 0 Å². The molecule has 0 aliphatic carbocycles. The fourth-order valence-corrected chi connectivity index (χ4v) is 4.15. The molecule has 0 spiro atoms. The van der Waals surface area contributed by atoms with Gasteiger partial charge in [-0.25, -0.2) is 0 Å². The molecule has 0 saturated heterocycles. The number of alkyl halides is 3. The second-order valence-corrected chi connectivity index (χ2v) is 7.92. The molecule has 4 nitrogen and oxygen atoms in total. The van der Waals surface area contributed by atoms with Crippen molar-refractivity contribution < 1.29 is 27.4 Å². The number of hydrogen-bond donors (Lipinski definition) is 0. The number of benzene rings is 3. The van der Waals surface area contributed by atoms with Gasteiger partial charge >= 0.3 is 6.18 Å². The van der Waals surface area contributed by atoms with E-state index in [0.29, 0.717) is 36.6 Å². The summed E-state index contributed by atoms with van der Waals surface area (Å²) < 4.78 is 49.8. The van der Waals surface area contributed by atoms with Crippen molar-refractivity contribution in [3.63, 3.8) is 0 Å². The molecule has 0 fully saturated rings. The van der Waals surface area contributed by atoms with Crippen LogP contribution in [0.4, 0.5) is 13.2 Å². The van der Waals surface area contributed by atoms with Crippen LogP contribution in [0.2, 0.25) is 0 Å². The molecule has 1 aliphatic rings. The zero-order valence-electron chi connectivity index (χ0n) is 18.4. The molecule has 3 aromatic rings. The Morgan fingerprint density at radius 3 is 2.39 bits per heavy atom. The van der Waals surface area contributed by atoms with Crippen LogP contribution in [0.1, 0.15) is 23.1 Å². The van der Waals surface area contributed by atoms with Crippen molar-refractivity contribution >= 4 is 22.3 Å². The topological polar surface area (TPSA) is 38.8 Å². The van der Waals surface area contributed by atoms with Crippen molar-refractivity contribution in [1.29, 1.82) is 0 Å². The minimum absolute atomic E-state index is 0.0309. The monoisotopic (exact) mass is 455 g/mol. The first-order chi connectivity index (χ1) is 15.8. The number of carbonyl (C=O) groups is 1. The fourth-order valence-electron chi connectivity index (χ4n) is 4.15. The van der Waals surface area contributed by atoms with Gasteiger partial charge in [-0.05, 0) is 58.2 Å². The largest absolute Gasteiger partial charge is 0.493 e. The summed E-state index contributed by atoms with van der Waals surface area (Å²) in [4.78, 5) is 14.7. The van der Waals surface area contributed by atoms with Crippen molar-refractivity contribution in [2.45, 2.75) is 19.0 Å². The van der Waals surface area contributed by atoms with Crippen LogP contribution in [-0.2, 0) is 17.4 Å². The first kappa shape index (κ1) is 22.7. The molecule has 0 N–H and O–H groups in total. The maximum atomic E-state index is 13.0. The highest BCUT2D eigenvalue weighted by Crippen LogP contribution is 2.35. The number of rotatable bonds is 5. The van der Waals surface area contributed by atoms with Gasteiger partial charge < -0.3 is 14.4 Å². The molecule has 0 aromatic heterocycles. The van der Waals surface area contributed by atoms with E-state index in [4.69, 9.17) is 9.47 Å². The van der Waals surface area contributed by atoms with E-state index in [9.17, 15) is 18.0 Å². The Hall–Kier alpha value is -3.48. The lowest BCUT2D eigenvalue weighted by atomic mass is 9.97. The highest BCUT2D eigenvalue weighted by Gasteiger charge is 2.30. The van der Waals surface area contributed by atoms with Gasteiger partial charge in [0.1, 0.15) is 0 Å². The quantitative estimate of drug-likeness (QED) is 0.493. The number of amides is 1. The lowest BCUT2D eigenvalue weighted by Gasteiger charge is -2.27. The summed E-state index contributed by atoms with van der Waals surface area (Å²) in [5.41, 5.74) is 1.59. The molecule has 0 unspecified atom stereocenters. The molecule has 1 heterocycles. The Bertz CT molecular complexity index is 1220. The van der Waals surface area contributed by atoms with E-state index in [1.165, 1.54) is 12.1 Å². The predicted octanol–water partition coefficient (Wildman–Crippen LogP) is 5.73. The van der Waals surface area contributed by atoms with E-state index in [2.05, 4.69) is 0 Å². The first-order valence-electron chi connectivity index (χ1n) is 10.6. The van der Waals surface area contributed by atoms with E-state index in [0.717, 1.165) is 28.0 Å². The minimum atomic E-state index is -4.38. The molecular weight excluding hydrogens is 431 g/mol. The molecule has 0 radical (unpaired) electrons. The number of fused-ring (bicyclic) bond motifs is 1. The summed E-state index contributed by atoms with van der Waals surface area (Å²) in [6.07, 6.45) is -1.81. The molecule has 0 saturated carbocycles. The normalized spacial score (nSPS) is 14.2. The zero-order chi connectivity index (χ0) is 23.6. The lowest BCUT2D eigenvalue weighted by molar-refractivity contribution is -0.137. The van der Waals surface area contributed by atoms with Crippen LogP contribution in [0.3, 0.4) is 0 Å². The SMILES string of the molecule is COc1cc2cccc(CC(=O)N3CC=C(c4cccc(C(F)(F)F)c4)CC3)c2cc1OC. The summed E-state index contributed by atoms with van der Waals surface area (Å²) in [6.45, 7) is 0.829. The number of ether oxygens (including phenoxy) is 2. The summed E-state index contributed by atoms with van der Waals surface area (Å²) in [5.74, 6) is 1.19. The Morgan fingerprint density at radius 2 is 1.73 bits per heavy atom. The molecule has 1 amide bonds. The van der Waals surface area contributed by atoms with Crippen LogP contribution >= 0.6 is 0 Å².